The number of amides is 1. The van der Waals surface area contributed by atoms with E-state index in [1.54, 1.807) is 4.68 Å². The molecule has 1 aromatic heterocycles. The third-order valence-electron chi connectivity index (χ3n) is 5.73. The number of para-hydroxylation sites is 2. The van der Waals surface area contributed by atoms with Crippen LogP contribution in [0.15, 0.2) is 54.6 Å². The quantitative estimate of drug-likeness (QED) is 0.705. The van der Waals surface area contributed by atoms with Crippen molar-refractivity contribution in [2.24, 2.45) is 5.92 Å². The van der Waals surface area contributed by atoms with Crippen molar-refractivity contribution in [2.75, 3.05) is 29.4 Å². The van der Waals surface area contributed by atoms with Gasteiger partial charge in [-0.3, -0.25) is 4.79 Å². The first kappa shape index (κ1) is 16.9. The monoisotopic (exact) mass is 374 g/mol. The number of anilines is 2. The number of rotatable bonds is 3. The Hall–Kier alpha value is -3.22. The summed E-state index contributed by atoms with van der Waals surface area (Å²) in [4.78, 5) is 17.3. The van der Waals surface area contributed by atoms with E-state index < -0.39 is 0 Å². The molecule has 1 amide bonds. The maximum Gasteiger partial charge on any atom is 0.250 e. The molecule has 0 spiro atoms. The predicted octanol–water partition coefficient (Wildman–Crippen LogP) is 2.47. The summed E-state index contributed by atoms with van der Waals surface area (Å²) in [5.74, 6) is 1.05. The van der Waals surface area contributed by atoms with Gasteiger partial charge in [-0.2, -0.15) is 4.68 Å². The highest BCUT2D eigenvalue weighted by atomic mass is 16.2. The fourth-order valence-corrected chi connectivity index (χ4v) is 4.23. The van der Waals surface area contributed by atoms with Crippen molar-refractivity contribution in [3.63, 3.8) is 0 Å². The van der Waals surface area contributed by atoms with Gasteiger partial charge in [-0.15, -0.1) is 0 Å². The zero-order valence-electron chi connectivity index (χ0n) is 15.6. The molecular formula is C21H22N6O. The van der Waals surface area contributed by atoms with E-state index in [-0.39, 0.29) is 11.8 Å². The van der Waals surface area contributed by atoms with Gasteiger partial charge in [-0.25, -0.2) is 0 Å². The Morgan fingerprint density at radius 3 is 2.50 bits per heavy atom. The first-order valence-corrected chi connectivity index (χ1v) is 9.79. The molecule has 0 atom stereocenters. The smallest absolute Gasteiger partial charge is 0.250 e. The molecule has 0 N–H and O–H groups in total. The lowest BCUT2D eigenvalue weighted by Gasteiger charge is -2.33. The molecule has 3 heterocycles. The van der Waals surface area contributed by atoms with Crippen molar-refractivity contribution in [2.45, 2.75) is 19.3 Å². The van der Waals surface area contributed by atoms with Crippen LogP contribution in [0, 0.1) is 5.92 Å². The van der Waals surface area contributed by atoms with E-state index in [1.165, 1.54) is 5.56 Å². The molecule has 7 heteroatoms. The van der Waals surface area contributed by atoms with Crippen LogP contribution in [-0.2, 0) is 11.2 Å². The number of hydrogen-bond acceptors (Lipinski definition) is 5. The summed E-state index contributed by atoms with van der Waals surface area (Å²) in [5, 5.41) is 12.2. The molecule has 5 rings (SSSR count). The summed E-state index contributed by atoms with van der Waals surface area (Å²) in [6.07, 6.45) is 2.59. The van der Waals surface area contributed by atoms with Crippen LogP contribution >= 0.6 is 0 Å². The molecule has 3 aromatic rings. The van der Waals surface area contributed by atoms with Crippen molar-refractivity contribution in [1.29, 1.82) is 0 Å². The van der Waals surface area contributed by atoms with Gasteiger partial charge >= 0.3 is 0 Å². The summed E-state index contributed by atoms with van der Waals surface area (Å²) in [5.41, 5.74) is 3.30. The Balaban J connectivity index is 1.28. The van der Waals surface area contributed by atoms with Crippen LogP contribution in [0.25, 0.3) is 5.69 Å². The first-order valence-electron chi connectivity index (χ1n) is 9.79. The second kappa shape index (κ2) is 7.07. The van der Waals surface area contributed by atoms with E-state index in [4.69, 9.17) is 0 Å². The Labute approximate surface area is 163 Å². The zero-order valence-corrected chi connectivity index (χ0v) is 15.6. The molecule has 0 aliphatic carbocycles. The average molecular weight is 374 g/mol. The summed E-state index contributed by atoms with van der Waals surface area (Å²) in [7, 11) is 0. The van der Waals surface area contributed by atoms with Crippen molar-refractivity contribution in [1.82, 2.24) is 20.2 Å². The van der Waals surface area contributed by atoms with Crippen LogP contribution in [0.5, 0.6) is 0 Å². The zero-order chi connectivity index (χ0) is 18.9. The SMILES string of the molecule is O=C(C1CCN(c2nnnn2-c2ccccc2)CC1)N1CCc2ccccc21. The van der Waals surface area contributed by atoms with E-state index in [0.717, 1.165) is 56.2 Å². The Morgan fingerprint density at radius 2 is 1.68 bits per heavy atom. The van der Waals surface area contributed by atoms with Crippen molar-refractivity contribution in [3.8, 4) is 5.69 Å². The van der Waals surface area contributed by atoms with Crippen LogP contribution in [0.3, 0.4) is 0 Å². The normalized spacial score (nSPS) is 17.0. The van der Waals surface area contributed by atoms with E-state index in [2.05, 4.69) is 32.6 Å². The van der Waals surface area contributed by atoms with Gasteiger partial charge in [-0.1, -0.05) is 41.5 Å². The summed E-state index contributed by atoms with van der Waals surface area (Å²) in [6.45, 7) is 2.35. The number of benzene rings is 2. The van der Waals surface area contributed by atoms with Crippen LogP contribution in [0.1, 0.15) is 18.4 Å². The maximum atomic E-state index is 13.1. The Morgan fingerprint density at radius 1 is 0.929 bits per heavy atom. The number of aromatic nitrogens is 4. The molecule has 1 fully saturated rings. The highest BCUT2D eigenvalue weighted by molar-refractivity contribution is 5.97. The topological polar surface area (TPSA) is 67.2 Å². The maximum absolute atomic E-state index is 13.1. The highest BCUT2D eigenvalue weighted by Gasteiger charge is 2.33. The minimum absolute atomic E-state index is 0.0588. The summed E-state index contributed by atoms with van der Waals surface area (Å²) in [6, 6.07) is 18.1. The molecule has 2 aliphatic heterocycles. The largest absolute Gasteiger partial charge is 0.339 e. The van der Waals surface area contributed by atoms with Crippen molar-refractivity contribution in [3.05, 3.63) is 60.2 Å². The van der Waals surface area contributed by atoms with Crippen LogP contribution in [0.4, 0.5) is 11.6 Å². The van der Waals surface area contributed by atoms with Crippen LogP contribution in [0.2, 0.25) is 0 Å². The lowest BCUT2D eigenvalue weighted by atomic mass is 9.95. The van der Waals surface area contributed by atoms with E-state index in [1.807, 2.05) is 47.4 Å². The number of nitrogens with zero attached hydrogens (tertiary/aromatic N) is 6. The molecular weight excluding hydrogens is 352 g/mol. The van der Waals surface area contributed by atoms with Gasteiger partial charge < -0.3 is 9.80 Å². The highest BCUT2D eigenvalue weighted by Crippen LogP contribution is 2.31. The number of piperidine rings is 1. The molecule has 0 unspecified atom stereocenters. The molecule has 0 saturated carbocycles. The van der Waals surface area contributed by atoms with Crippen LogP contribution < -0.4 is 9.80 Å². The molecule has 2 aliphatic rings. The van der Waals surface area contributed by atoms with Crippen molar-refractivity contribution < 1.29 is 4.79 Å². The van der Waals surface area contributed by atoms with Gasteiger partial charge in [0.05, 0.1) is 5.69 Å². The number of carbonyl (C=O) groups is 1. The number of carbonyl (C=O) groups excluding carboxylic acids is 1. The second-order valence-corrected chi connectivity index (χ2v) is 7.36. The minimum Gasteiger partial charge on any atom is -0.339 e. The first-order chi connectivity index (χ1) is 13.8. The molecule has 28 heavy (non-hydrogen) atoms. The molecule has 7 nitrogen and oxygen atoms in total. The molecule has 0 radical (unpaired) electrons. The third kappa shape index (κ3) is 2.93. The lowest BCUT2D eigenvalue weighted by molar-refractivity contribution is -0.122. The van der Waals surface area contributed by atoms with Gasteiger partial charge in [0.25, 0.3) is 0 Å². The van der Waals surface area contributed by atoms with Gasteiger partial charge in [0.2, 0.25) is 11.9 Å². The van der Waals surface area contributed by atoms with Crippen LogP contribution in [-0.4, -0.2) is 45.7 Å². The minimum atomic E-state index is 0.0588. The summed E-state index contributed by atoms with van der Waals surface area (Å²) < 4.78 is 1.76. The number of fused-ring (bicyclic) bond motifs is 1. The van der Waals surface area contributed by atoms with Gasteiger partial charge in [0.1, 0.15) is 0 Å². The standard InChI is InChI=1S/C21H22N6O/c28-20(26-15-12-16-6-4-5-9-19(16)26)17-10-13-25(14-11-17)21-22-23-24-27(21)18-7-2-1-3-8-18/h1-9,17H,10-15H2. The number of hydrogen-bond donors (Lipinski definition) is 0. The second-order valence-electron chi connectivity index (χ2n) is 7.36. The van der Waals surface area contributed by atoms with E-state index >= 15 is 0 Å². The average Bonchev–Trinajstić information content (AvgIpc) is 3.41. The Kier molecular flexibility index (Phi) is 4.27. The van der Waals surface area contributed by atoms with Gasteiger partial charge in [0.15, 0.2) is 0 Å². The molecule has 1 saturated heterocycles. The Bertz CT molecular complexity index is 977. The fourth-order valence-electron chi connectivity index (χ4n) is 4.23. The van der Waals surface area contributed by atoms with E-state index in [9.17, 15) is 4.79 Å². The molecule has 0 bridgehead atoms. The lowest BCUT2D eigenvalue weighted by Crippen LogP contribution is -2.43. The van der Waals surface area contributed by atoms with Crippen molar-refractivity contribution >= 4 is 17.5 Å². The third-order valence-corrected chi connectivity index (χ3v) is 5.73. The predicted molar refractivity (Wildman–Crippen MR) is 107 cm³/mol. The summed E-state index contributed by atoms with van der Waals surface area (Å²) >= 11 is 0. The van der Waals surface area contributed by atoms with Gasteiger partial charge in [0, 0.05) is 31.2 Å². The molecule has 142 valence electrons. The van der Waals surface area contributed by atoms with E-state index in [0.29, 0.717) is 0 Å². The fraction of sp³-hybridized carbons (Fsp3) is 0.333. The number of tetrazole rings is 1. The van der Waals surface area contributed by atoms with Gasteiger partial charge in [-0.05, 0) is 53.5 Å². The molecule has 2 aromatic carbocycles.